The van der Waals surface area contributed by atoms with Crippen LogP contribution in [-0.4, -0.2) is 39.0 Å². The fourth-order valence-corrected chi connectivity index (χ4v) is 3.17. The van der Waals surface area contributed by atoms with Gasteiger partial charge in [0.2, 0.25) is 11.8 Å². The first-order valence-corrected chi connectivity index (χ1v) is 8.97. The van der Waals surface area contributed by atoms with Crippen LogP contribution in [0.4, 0.5) is 0 Å². The van der Waals surface area contributed by atoms with Crippen LogP contribution in [0.1, 0.15) is 23.4 Å². The fraction of sp³-hybridized carbons (Fsp3) is 0.333. The molecule has 0 aliphatic rings. The highest BCUT2D eigenvalue weighted by Crippen LogP contribution is 2.16. The number of hydrogen-bond acceptors (Lipinski definition) is 5. The summed E-state index contributed by atoms with van der Waals surface area (Å²) in [5, 5.41) is 0.584. The molecule has 0 fully saturated rings. The number of thioether (sulfide) groups is 1. The Kier molecular flexibility index (Phi) is 6.94. The summed E-state index contributed by atoms with van der Waals surface area (Å²) in [5.74, 6) is -0.275. The van der Waals surface area contributed by atoms with Gasteiger partial charge in [-0.05, 0) is 25.5 Å². The first-order valence-electron chi connectivity index (χ1n) is 7.99. The molecule has 132 valence electrons. The van der Waals surface area contributed by atoms with E-state index in [1.54, 1.807) is 4.90 Å². The zero-order valence-corrected chi connectivity index (χ0v) is 15.3. The number of nitrogens with two attached hydrogens (primary N) is 1. The van der Waals surface area contributed by atoms with E-state index in [0.717, 1.165) is 17.0 Å². The summed E-state index contributed by atoms with van der Waals surface area (Å²) in [5.41, 5.74) is 7.98. The van der Waals surface area contributed by atoms with Crippen molar-refractivity contribution in [3.63, 3.8) is 0 Å². The predicted molar refractivity (Wildman–Crippen MR) is 97.9 cm³/mol. The topological polar surface area (TPSA) is 89.2 Å². The average Bonchev–Trinajstić information content (AvgIpc) is 2.56. The SMILES string of the molecule is Cc1cc(C)nc(SCC(=O)N(CCC(N)=O)Cc2ccccc2)n1. The molecule has 2 amide bonds. The Bertz CT molecular complexity index is 717. The van der Waals surface area contributed by atoms with E-state index in [-0.39, 0.29) is 18.1 Å². The summed E-state index contributed by atoms with van der Waals surface area (Å²) in [7, 11) is 0. The van der Waals surface area contributed by atoms with Crippen molar-refractivity contribution < 1.29 is 9.59 Å². The van der Waals surface area contributed by atoms with Gasteiger partial charge in [0.25, 0.3) is 0 Å². The van der Waals surface area contributed by atoms with Gasteiger partial charge in [0, 0.05) is 30.9 Å². The molecule has 0 aliphatic heterocycles. The smallest absolute Gasteiger partial charge is 0.233 e. The van der Waals surface area contributed by atoms with E-state index >= 15 is 0 Å². The summed E-state index contributed by atoms with van der Waals surface area (Å²) in [6.45, 7) is 4.54. The van der Waals surface area contributed by atoms with Gasteiger partial charge in [-0.2, -0.15) is 0 Å². The maximum absolute atomic E-state index is 12.6. The molecule has 1 heterocycles. The Morgan fingerprint density at radius 3 is 2.36 bits per heavy atom. The Morgan fingerprint density at radius 1 is 1.12 bits per heavy atom. The van der Waals surface area contributed by atoms with Crippen molar-refractivity contribution in [1.82, 2.24) is 14.9 Å². The second-order valence-corrected chi connectivity index (χ2v) is 6.68. The molecule has 2 aromatic rings. The third kappa shape index (κ3) is 6.54. The van der Waals surface area contributed by atoms with Gasteiger partial charge in [-0.25, -0.2) is 9.97 Å². The number of rotatable bonds is 8. The first-order chi connectivity index (χ1) is 11.9. The average molecular weight is 358 g/mol. The molecule has 1 aromatic heterocycles. The molecule has 7 heteroatoms. The minimum Gasteiger partial charge on any atom is -0.370 e. The van der Waals surface area contributed by atoms with Crippen molar-refractivity contribution in [2.45, 2.75) is 32.0 Å². The zero-order valence-electron chi connectivity index (χ0n) is 14.4. The lowest BCUT2D eigenvalue weighted by Crippen LogP contribution is -2.34. The zero-order chi connectivity index (χ0) is 18.2. The second-order valence-electron chi connectivity index (χ2n) is 5.74. The predicted octanol–water partition coefficient (Wildman–Crippen LogP) is 2.09. The molecule has 1 aromatic carbocycles. The molecule has 2 rings (SSSR count). The maximum Gasteiger partial charge on any atom is 0.233 e. The fourth-order valence-electron chi connectivity index (χ4n) is 2.32. The molecule has 6 nitrogen and oxygen atoms in total. The highest BCUT2D eigenvalue weighted by Gasteiger charge is 2.16. The third-order valence-corrected chi connectivity index (χ3v) is 4.32. The number of carbonyl (C=O) groups excluding carboxylic acids is 2. The first kappa shape index (κ1) is 18.9. The van der Waals surface area contributed by atoms with Crippen LogP contribution in [0.2, 0.25) is 0 Å². The van der Waals surface area contributed by atoms with Crippen LogP contribution < -0.4 is 5.73 Å². The standard InChI is InChI=1S/C18H22N4O2S/c1-13-10-14(2)21-18(20-13)25-12-17(24)22(9-8-16(19)23)11-15-6-4-3-5-7-15/h3-7,10H,8-9,11-12H2,1-2H3,(H2,19,23). The van der Waals surface area contributed by atoms with Gasteiger partial charge in [-0.3, -0.25) is 9.59 Å². The van der Waals surface area contributed by atoms with Crippen LogP contribution in [0.5, 0.6) is 0 Å². The van der Waals surface area contributed by atoms with Crippen LogP contribution in [0.15, 0.2) is 41.6 Å². The summed E-state index contributed by atoms with van der Waals surface area (Å²) in [6.07, 6.45) is 0.142. The number of amides is 2. The number of nitrogens with zero attached hydrogens (tertiary/aromatic N) is 3. The van der Waals surface area contributed by atoms with Gasteiger partial charge in [-0.15, -0.1) is 0 Å². The van der Waals surface area contributed by atoms with E-state index in [2.05, 4.69) is 9.97 Å². The van der Waals surface area contributed by atoms with Crippen LogP contribution >= 0.6 is 11.8 Å². The van der Waals surface area contributed by atoms with Gasteiger partial charge >= 0.3 is 0 Å². The van der Waals surface area contributed by atoms with Gasteiger partial charge in [-0.1, -0.05) is 42.1 Å². The molecular weight excluding hydrogens is 336 g/mol. The molecule has 0 bridgehead atoms. The van der Waals surface area contributed by atoms with E-state index in [0.29, 0.717) is 18.2 Å². The quantitative estimate of drug-likeness (QED) is 0.576. The molecule has 0 radical (unpaired) electrons. The van der Waals surface area contributed by atoms with Crippen LogP contribution in [0.25, 0.3) is 0 Å². The second kappa shape index (κ2) is 9.17. The lowest BCUT2D eigenvalue weighted by atomic mass is 10.2. The highest BCUT2D eigenvalue weighted by atomic mass is 32.2. The number of aromatic nitrogens is 2. The molecule has 25 heavy (non-hydrogen) atoms. The summed E-state index contributed by atoms with van der Waals surface area (Å²) in [6, 6.07) is 11.6. The van der Waals surface area contributed by atoms with Crippen molar-refractivity contribution in [1.29, 1.82) is 0 Å². The molecule has 0 aliphatic carbocycles. The van der Waals surface area contributed by atoms with E-state index in [1.165, 1.54) is 11.8 Å². The summed E-state index contributed by atoms with van der Waals surface area (Å²) < 4.78 is 0. The summed E-state index contributed by atoms with van der Waals surface area (Å²) >= 11 is 1.30. The molecular formula is C18H22N4O2S. The number of primary amides is 1. The Morgan fingerprint density at radius 2 is 1.76 bits per heavy atom. The van der Waals surface area contributed by atoms with Gasteiger partial charge in [0.05, 0.1) is 5.75 Å². The van der Waals surface area contributed by atoms with E-state index < -0.39 is 5.91 Å². The van der Waals surface area contributed by atoms with Gasteiger partial charge < -0.3 is 10.6 Å². The minimum atomic E-state index is -0.420. The van der Waals surface area contributed by atoms with E-state index in [1.807, 2.05) is 50.2 Å². The van der Waals surface area contributed by atoms with Crippen molar-refractivity contribution in [2.75, 3.05) is 12.3 Å². The van der Waals surface area contributed by atoms with Crippen LogP contribution in [0.3, 0.4) is 0 Å². The highest BCUT2D eigenvalue weighted by molar-refractivity contribution is 7.99. The van der Waals surface area contributed by atoms with E-state index in [4.69, 9.17) is 5.73 Å². The van der Waals surface area contributed by atoms with Crippen molar-refractivity contribution in [2.24, 2.45) is 5.73 Å². The molecule has 0 saturated heterocycles. The largest absolute Gasteiger partial charge is 0.370 e. The Balaban J connectivity index is 2.01. The van der Waals surface area contributed by atoms with Gasteiger partial charge in [0.15, 0.2) is 5.16 Å². The van der Waals surface area contributed by atoms with Crippen molar-refractivity contribution in [3.8, 4) is 0 Å². The number of hydrogen-bond donors (Lipinski definition) is 1. The lowest BCUT2D eigenvalue weighted by Gasteiger charge is -2.22. The Hall–Kier alpha value is -2.41. The number of carbonyl (C=O) groups is 2. The number of benzene rings is 1. The molecule has 0 unspecified atom stereocenters. The third-order valence-electron chi connectivity index (χ3n) is 3.48. The molecule has 0 atom stereocenters. The summed E-state index contributed by atoms with van der Waals surface area (Å²) in [4.78, 5) is 34.0. The van der Waals surface area contributed by atoms with Crippen LogP contribution in [-0.2, 0) is 16.1 Å². The van der Waals surface area contributed by atoms with Crippen LogP contribution in [0, 0.1) is 13.8 Å². The number of aryl methyl sites for hydroxylation is 2. The maximum atomic E-state index is 12.6. The van der Waals surface area contributed by atoms with Crippen molar-refractivity contribution >= 4 is 23.6 Å². The minimum absolute atomic E-state index is 0.0714. The van der Waals surface area contributed by atoms with Crippen molar-refractivity contribution in [3.05, 3.63) is 53.3 Å². The molecule has 0 spiro atoms. The monoisotopic (exact) mass is 358 g/mol. The Labute approximate surface area is 151 Å². The molecule has 2 N–H and O–H groups in total. The lowest BCUT2D eigenvalue weighted by molar-refractivity contribution is -0.129. The molecule has 0 saturated carbocycles. The normalized spacial score (nSPS) is 10.5. The van der Waals surface area contributed by atoms with Gasteiger partial charge in [0.1, 0.15) is 0 Å². The van der Waals surface area contributed by atoms with E-state index in [9.17, 15) is 9.59 Å².